The number of carbonyl (C=O) groups is 3. The lowest BCUT2D eigenvalue weighted by Gasteiger charge is -2.10. The predicted molar refractivity (Wildman–Crippen MR) is 94.2 cm³/mol. The summed E-state index contributed by atoms with van der Waals surface area (Å²) in [6.45, 7) is 0. The molecule has 1 aliphatic rings. The van der Waals surface area contributed by atoms with E-state index in [9.17, 15) is 22.8 Å². The van der Waals surface area contributed by atoms with Crippen molar-refractivity contribution >= 4 is 56.6 Å². The summed E-state index contributed by atoms with van der Waals surface area (Å²) < 4.78 is 26.7. The predicted octanol–water partition coefficient (Wildman–Crippen LogP) is -0.828. The molecule has 1 fully saturated rings. The van der Waals surface area contributed by atoms with E-state index in [0.29, 0.717) is 0 Å². The first-order valence-electron chi connectivity index (χ1n) is 7.16. The third-order valence-electron chi connectivity index (χ3n) is 3.45. The lowest BCUT2D eigenvalue weighted by Crippen LogP contribution is -2.26. The first kappa shape index (κ1) is 19.8. The van der Waals surface area contributed by atoms with Crippen LogP contribution in [0.25, 0.3) is 0 Å². The Balaban J connectivity index is 2.69. The zero-order chi connectivity index (χ0) is 20.0. The first-order valence-corrected chi connectivity index (χ1v) is 9.49. The molecular formula is C13H17ClN6O5S. The number of alkyl halides is 1. The van der Waals surface area contributed by atoms with Crippen molar-refractivity contribution in [2.75, 3.05) is 32.1 Å². The Labute approximate surface area is 154 Å². The van der Waals surface area contributed by atoms with Crippen LogP contribution in [0, 0.1) is 0 Å². The first-order chi connectivity index (χ1) is 11.8. The van der Waals surface area contributed by atoms with Gasteiger partial charge in [0, 0.05) is 28.2 Å². The summed E-state index contributed by atoms with van der Waals surface area (Å²) in [5.74, 6) is -2.08. The molecule has 1 atom stereocenters. The van der Waals surface area contributed by atoms with Crippen LogP contribution < -0.4 is 4.72 Å². The molecule has 3 amide bonds. The van der Waals surface area contributed by atoms with Crippen LogP contribution in [0.4, 0.5) is 11.5 Å². The fourth-order valence-corrected chi connectivity index (χ4v) is 3.02. The van der Waals surface area contributed by atoms with Crippen molar-refractivity contribution in [1.82, 2.24) is 19.6 Å². The highest BCUT2D eigenvalue weighted by Gasteiger charge is 2.42. The fraction of sp³-hybridized carbons (Fsp3) is 0.462. The second kappa shape index (κ2) is 6.68. The number of hydrogen-bond donors (Lipinski definition) is 1. The van der Waals surface area contributed by atoms with Crippen molar-refractivity contribution in [3.8, 4) is 0 Å². The molecule has 0 aliphatic carbocycles. The van der Waals surface area contributed by atoms with Crippen LogP contribution in [0.15, 0.2) is 4.99 Å². The van der Waals surface area contributed by atoms with E-state index in [4.69, 9.17) is 11.6 Å². The number of rotatable bonds is 4. The van der Waals surface area contributed by atoms with Gasteiger partial charge in [-0.15, -0.1) is 11.6 Å². The van der Waals surface area contributed by atoms with Crippen LogP contribution in [-0.2, 0) is 26.7 Å². The smallest absolute Gasteiger partial charge is 0.276 e. The summed E-state index contributed by atoms with van der Waals surface area (Å²) in [4.78, 5) is 42.3. The molecule has 1 aromatic heterocycles. The van der Waals surface area contributed by atoms with Crippen LogP contribution in [0.3, 0.4) is 0 Å². The summed E-state index contributed by atoms with van der Waals surface area (Å²) in [5.41, 5.74) is -0.707. The van der Waals surface area contributed by atoms with Gasteiger partial charge in [0.2, 0.25) is 10.0 Å². The normalized spacial score (nSPS) is 19.4. The molecule has 1 aliphatic heterocycles. The van der Waals surface area contributed by atoms with Gasteiger partial charge in [-0.1, -0.05) is 0 Å². The van der Waals surface area contributed by atoms with E-state index in [1.807, 2.05) is 0 Å². The quantitative estimate of drug-likeness (QED) is 0.514. The van der Waals surface area contributed by atoms with E-state index in [1.165, 1.54) is 33.1 Å². The molecule has 11 nitrogen and oxygen atoms in total. The Kier molecular flexibility index (Phi) is 5.10. The Morgan fingerprint density at radius 3 is 2.31 bits per heavy atom. The van der Waals surface area contributed by atoms with Gasteiger partial charge in [-0.25, -0.2) is 18.1 Å². The molecule has 0 saturated carbocycles. The highest BCUT2D eigenvalue weighted by atomic mass is 35.5. The second-order valence-electron chi connectivity index (χ2n) is 5.81. The van der Waals surface area contributed by atoms with E-state index in [2.05, 4.69) is 14.8 Å². The lowest BCUT2D eigenvalue weighted by atomic mass is 10.3. The van der Waals surface area contributed by atoms with Gasteiger partial charge in [-0.3, -0.25) is 24.0 Å². The molecule has 1 unspecified atom stereocenters. The minimum atomic E-state index is -3.79. The maximum atomic E-state index is 12.3. The molecule has 142 valence electrons. The molecule has 13 heteroatoms. The van der Waals surface area contributed by atoms with E-state index in [0.717, 1.165) is 15.8 Å². The van der Waals surface area contributed by atoms with Gasteiger partial charge in [0.15, 0.2) is 16.9 Å². The zero-order valence-electron chi connectivity index (χ0n) is 14.6. The third-order valence-corrected chi connectivity index (χ3v) is 4.42. The third kappa shape index (κ3) is 3.55. The summed E-state index contributed by atoms with van der Waals surface area (Å²) in [6, 6.07) is 0. The highest BCUT2D eigenvalue weighted by molar-refractivity contribution is 7.92. The Bertz CT molecular complexity index is 935. The highest BCUT2D eigenvalue weighted by Crippen LogP contribution is 2.31. The molecule has 0 radical (unpaired) electrons. The molecule has 26 heavy (non-hydrogen) atoms. The van der Waals surface area contributed by atoms with Crippen LogP contribution in [0.1, 0.15) is 10.5 Å². The number of carbonyl (C=O) groups excluding carboxylic acids is 3. The maximum absolute atomic E-state index is 12.3. The number of nitrogens with zero attached hydrogens (tertiary/aromatic N) is 5. The summed E-state index contributed by atoms with van der Waals surface area (Å²) in [7, 11) is 1.81. The molecular weight excluding hydrogens is 388 g/mol. The number of amides is 3. The van der Waals surface area contributed by atoms with Crippen molar-refractivity contribution in [2.45, 2.75) is 5.38 Å². The van der Waals surface area contributed by atoms with Crippen molar-refractivity contribution < 1.29 is 22.8 Å². The summed E-state index contributed by atoms with van der Waals surface area (Å²) in [6.07, 6.45) is 0.892. The molecule has 0 aromatic carbocycles. The SMILES string of the molecule is CN(C)C(=O)c1nn(C)c(N=C2C(=O)N(C)C(=O)C2Cl)c1NS(C)(=O)=O. The lowest BCUT2D eigenvalue weighted by molar-refractivity contribution is -0.135. The number of aliphatic imine (C=N–C) groups is 1. The topological polar surface area (TPSA) is 134 Å². The number of anilines is 1. The average Bonchev–Trinajstić information content (AvgIpc) is 2.91. The summed E-state index contributed by atoms with van der Waals surface area (Å²) >= 11 is 5.94. The van der Waals surface area contributed by atoms with E-state index in [1.54, 1.807) is 0 Å². The van der Waals surface area contributed by atoms with E-state index < -0.39 is 33.1 Å². The van der Waals surface area contributed by atoms with Crippen molar-refractivity contribution in [1.29, 1.82) is 0 Å². The molecule has 2 rings (SSSR count). The van der Waals surface area contributed by atoms with E-state index >= 15 is 0 Å². The van der Waals surface area contributed by atoms with Crippen LogP contribution in [0.2, 0.25) is 0 Å². The largest absolute Gasteiger partial charge is 0.343 e. The monoisotopic (exact) mass is 404 g/mol. The maximum Gasteiger partial charge on any atom is 0.276 e. The average molecular weight is 405 g/mol. The molecule has 1 aromatic rings. The number of hydrogen-bond acceptors (Lipinski definition) is 7. The molecule has 1 N–H and O–H groups in total. The zero-order valence-corrected chi connectivity index (χ0v) is 16.2. The van der Waals surface area contributed by atoms with E-state index in [-0.39, 0.29) is 22.9 Å². The number of aryl methyl sites for hydroxylation is 1. The minimum Gasteiger partial charge on any atom is -0.343 e. The standard InChI is InChI=1S/C13H17ClN6O5S/c1-18(2)12(22)9-8(17-26(5,24)25)10(20(4)16-9)15-7-6(14)11(21)19(3)13(7)23/h6,17H,1-5H3. The second-order valence-corrected chi connectivity index (χ2v) is 7.99. The van der Waals surface area contributed by atoms with Gasteiger partial charge in [0.1, 0.15) is 11.4 Å². The van der Waals surface area contributed by atoms with Crippen LogP contribution >= 0.6 is 11.6 Å². The number of aromatic nitrogens is 2. The Morgan fingerprint density at radius 1 is 1.31 bits per heavy atom. The molecule has 1 saturated heterocycles. The molecule has 0 bridgehead atoms. The summed E-state index contributed by atoms with van der Waals surface area (Å²) in [5, 5.41) is 2.67. The fourth-order valence-electron chi connectivity index (χ4n) is 2.17. The Hall–Kier alpha value is -2.47. The molecule has 2 heterocycles. The van der Waals surface area contributed by atoms with Crippen molar-refractivity contribution in [3.05, 3.63) is 5.69 Å². The number of imide groups is 1. The van der Waals surface area contributed by atoms with Gasteiger partial charge in [-0.05, 0) is 0 Å². The van der Waals surface area contributed by atoms with Crippen LogP contribution in [0.5, 0.6) is 0 Å². The number of nitrogens with one attached hydrogen (secondary N) is 1. The van der Waals surface area contributed by atoms with Gasteiger partial charge in [0.05, 0.1) is 6.26 Å². The van der Waals surface area contributed by atoms with Gasteiger partial charge in [-0.2, -0.15) is 5.10 Å². The number of halogens is 1. The van der Waals surface area contributed by atoms with Crippen LogP contribution in [-0.4, -0.2) is 84.2 Å². The number of sulfonamides is 1. The number of likely N-dealkylation sites (tertiary alicyclic amines) is 1. The van der Waals surface area contributed by atoms with Gasteiger partial charge >= 0.3 is 0 Å². The minimum absolute atomic E-state index is 0.127. The van der Waals surface area contributed by atoms with Crippen molar-refractivity contribution in [3.63, 3.8) is 0 Å². The molecule has 0 spiro atoms. The van der Waals surface area contributed by atoms with Crippen molar-refractivity contribution in [2.24, 2.45) is 12.0 Å². The Morgan fingerprint density at radius 2 is 1.88 bits per heavy atom. The van der Waals surface area contributed by atoms with Gasteiger partial charge in [0.25, 0.3) is 17.7 Å². The van der Waals surface area contributed by atoms with Gasteiger partial charge < -0.3 is 4.90 Å².